The molecule has 6 heteroatoms. The monoisotopic (exact) mass is 335 g/mol. The number of hydrogen-bond acceptors (Lipinski definition) is 6. The van der Waals surface area contributed by atoms with Gasteiger partial charge >= 0.3 is 5.97 Å². The molecule has 0 aromatic heterocycles. The van der Waals surface area contributed by atoms with Crippen LogP contribution in [0.3, 0.4) is 0 Å². The van der Waals surface area contributed by atoms with E-state index in [1.807, 2.05) is 24.3 Å². The molecular formula is C16H17NO3S2. The van der Waals surface area contributed by atoms with Crippen LogP contribution in [0, 0.1) is 23.2 Å². The number of rotatable bonds is 2. The van der Waals surface area contributed by atoms with Crippen LogP contribution in [-0.2, 0) is 13.6 Å². The molecule has 3 rings (SSSR count). The zero-order valence-corrected chi connectivity index (χ0v) is 13.8. The largest absolute Gasteiger partial charge is 0.466 e. The molecule has 0 amide bonds. The molecule has 3 atom stereocenters. The first-order valence-electron chi connectivity index (χ1n) is 7.27. The lowest BCUT2D eigenvalue weighted by Gasteiger charge is -2.43. The van der Waals surface area contributed by atoms with E-state index in [-0.39, 0.29) is 6.61 Å². The van der Waals surface area contributed by atoms with Gasteiger partial charge in [0, 0.05) is 11.5 Å². The van der Waals surface area contributed by atoms with Crippen LogP contribution >= 0.6 is 23.5 Å². The minimum atomic E-state index is -0.993. The van der Waals surface area contributed by atoms with Gasteiger partial charge in [-0.15, -0.1) is 23.5 Å². The Bertz CT molecular complexity index is 622. The number of carbonyl (C=O) groups is 1. The van der Waals surface area contributed by atoms with Crippen LogP contribution in [0.4, 0.5) is 0 Å². The standard InChI is InChI=1S/C16H17NO3S2/c1-2-20-15(19)13-12(9-17)16(21-7-8-22-16)11-6-4-3-5-10(11)14(13)18/h3-6,12-14,18H,2,7-8H2,1H3/t12-,13-,14+/m1/s1. The molecule has 1 aromatic carbocycles. The third-order valence-corrected chi connectivity index (χ3v) is 7.77. The van der Waals surface area contributed by atoms with E-state index >= 15 is 0 Å². The summed E-state index contributed by atoms with van der Waals surface area (Å²) in [4.78, 5) is 12.4. The number of hydrogen-bond donors (Lipinski definition) is 1. The van der Waals surface area contributed by atoms with Crippen molar-refractivity contribution in [3.05, 3.63) is 35.4 Å². The molecule has 2 aliphatic rings. The van der Waals surface area contributed by atoms with E-state index in [0.29, 0.717) is 0 Å². The fraction of sp³-hybridized carbons (Fsp3) is 0.500. The zero-order valence-electron chi connectivity index (χ0n) is 12.2. The Hall–Kier alpha value is -1.16. The van der Waals surface area contributed by atoms with Crippen LogP contribution in [0.25, 0.3) is 0 Å². The van der Waals surface area contributed by atoms with Gasteiger partial charge in [-0.3, -0.25) is 4.79 Å². The van der Waals surface area contributed by atoms with Crippen molar-refractivity contribution in [3.63, 3.8) is 0 Å². The van der Waals surface area contributed by atoms with Gasteiger partial charge in [-0.25, -0.2) is 0 Å². The van der Waals surface area contributed by atoms with E-state index in [1.54, 1.807) is 30.4 Å². The molecular weight excluding hydrogens is 318 g/mol. The SMILES string of the molecule is CCOC(=O)[C@@H]1[C@@H](C#N)C2(SCCS2)c2ccccc2[C@@H]1O. The summed E-state index contributed by atoms with van der Waals surface area (Å²) >= 11 is 3.41. The van der Waals surface area contributed by atoms with Crippen molar-refractivity contribution in [2.75, 3.05) is 18.1 Å². The lowest BCUT2D eigenvalue weighted by molar-refractivity contribution is -0.155. The van der Waals surface area contributed by atoms with Crippen LogP contribution in [0.15, 0.2) is 24.3 Å². The average molecular weight is 335 g/mol. The number of esters is 1. The fourth-order valence-corrected chi connectivity index (χ4v) is 6.83. The highest BCUT2D eigenvalue weighted by Gasteiger charge is 2.57. The van der Waals surface area contributed by atoms with Crippen LogP contribution < -0.4 is 0 Å². The van der Waals surface area contributed by atoms with Gasteiger partial charge in [0.2, 0.25) is 0 Å². The number of ether oxygens (including phenoxy) is 1. The number of thioether (sulfide) groups is 2. The Morgan fingerprint density at radius 3 is 2.77 bits per heavy atom. The summed E-state index contributed by atoms with van der Waals surface area (Å²) in [6, 6.07) is 9.89. The van der Waals surface area contributed by atoms with Crippen molar-refractivity contribution in [1.29, 1.82) is 5.26 Å². The summed E-state index contributed by atoms with van der Waals surface area (Å²) in [5, 5.41) is 20.4. The summed E-state index contributed by atoms with van der Waals surface area (Å²) in [5.74, 6) is -0.0542. The van der Waals surface area contributed by atoms with Gasteiger partial charge < -0.3 is 9.84 Å². The maximum Gasteiger partial charge on any atom is 0.313 e. The van der Waals surface area contributed by atoms with E-state index in [9.17, 15) is 15.2 Å². The first-order chi connectivity index (χ1) is 10.7. The molecule has 116 valence electrons. The number of aliphatic hydroxyl groups is 1. The van der Waals surface area contributed by atoms with E-state index in [2.05, 4.69) is 6.07 Å². The van der Waals surface area contributed by atoms with Crippen LogP contribution in [0.5, 0.6) is 0 Å². The molecule has 0 radical (unpaired) electrons. The maximum atomic E-state index is 12.4. The van der Waals surface area contributed by atoms with E-state index in [0.717, 1.165) is 22.6 Å². The number of nitriles is 1. The van der Waals surface area contributed by atoms with E-state index in [4.69, 9.17) is 4.74 Å². The highest BCUT2D eigenvalue weighted by molar-refractivity contribution is 8.20. The van der Waals surface area contributed by atoms with E-state index in [1.165, 1.54) is 0 Å². The fourth-order valence-electron chi connectivity index (χ4n) is 3.28. The van der Waals surface area contributed by atoms with E-state index < -0.39 is 28.0 Å². The zero-order chi connectivity index (χ0) is 15.7. The lowest BCUT2D eigenvalue weighted by atomic mass is 9.73. The Morgan fingerprint density at radius 2 is 2.14 bits per heavy atom. The molecule has 1 aliphatic heterocycles. The van der Waals surface area contributed by atoms with Crippen molar-refractivity contribution in [1.82, 2.24) is 0 Å². The molecule has 1 spiro atoms. The highest BCUT2D eigenvalue weighted by Crippen LogP contribution is 2.63. The Kier molecular flexibility index (Phi) is 4.40. The van der Waals surface area contributed by atoms with Gasteiger partial charge in [-0.1, -0.05) is 24.3 Å². The molecule has 1 N–H and O–H groups in total. The normalized spacial score (nSPS) is 28.9. The molecule has 4 nitrogen and oxygen atoms in total. The quantitative estimate of drug-likeness (QED) is 0.838. The van der Waals surface area contributed by atoms with Gasteiger partial charge in [-0.05, 0) is 18.1 Å². The van der Waals surface area contributed by atoms with Crippen molar-refractivity contribution in [3.8, 4) is 6.07 Å². The second-order valence-corrected chi connectivity index (χ2v) is 8.22. The van der Waals surface area contributed by atoms with Gasteiger partial charge in [0.1, 0.15) is 10.00 Å². The molecule has 22 heavy (non-hydrogen) atoms. The van der Waals surface area contributed by atoms with Crippen molar-refractivity contribution >= 4 is 29.5 Å². The Morgan fingerprint density at radius 1 is 1.45 bits per heavy atom. The molecule has 0 unspecified atom stereocenters. The van der Waals surface area contributed by atoms with Gasteiger partial charge in [-0.2, -0.15) is 5.26 Å². The molecule has 1 saturated heterocycles. The maximum absolute atomic E-state index is 12.4. The van der Waals surface area contributed by atoms with Crippen LogP contribution in [0.2, 0.25) is 0 Å². The second-order valence-electron chi connectivity index (χ2n) is 5.28. The summed E-state index contributed by atoms with van der Waals surface area (Å²) in [6.45, 7) is 1.98. The van der Waals surface area contributed by atoms with Crippen molar-refractivity contribution in [2.45, 2.75) is 17.1 Å². The van der Waals surface area contributed by atoms with Crippen LogP contribution in [0.1, 0.15) is 24.2 Å². The second kappa shape index (κ2) is 6.15. The molecule has 1 heterocycles. The lowest BCUT2D eigenvalue weighted by Crippen LogP contribution is -2.44. The minimum absolute atomic E-state index is 0.245. The Labute approximate surface area is 138 Å². The predicted molar refractivity (Wildman–Crippen MR) is 87.2 cm³/mol. The molecule has 0 saturated carbocycles. The molecule has 0 bridgehead atoms. The highest BCUT2D eigenvalue weighted by atomic mass is 32.2. The Balaban J connectivity index is 2.16. The molecule has 1 aromatic rings. The first-order valence-corrected chi connectivity index (χ1v) is 9.24. The topological polar surface area (TPSA) is 70.3 Å². The third kappa shape index (κ3) is 2.23. The smallest absolute Gasteiger partial charge is 0.313 e. The molecule has 1 fully saturated rings. The first kappa shape index (κ1) is 15.7. The summed E-state index contributed by atoms with van der Waals surface area (Å²) in [6.07, 6.45) is -0.993. The number of carbonyl (C=O) groups excluding carboxylic acids is 1. The number of fused-ring (bicyclic) bond motifs is 2. The average Bonchev–Trinajstić information content (AvgIpc) is 3.01. The number of aliphatic hydroxyl groups excluding tert-OH is 1. The molecule has 1 aliphatic carbocycles. The predicted octanol–water partition coefficient (Wildman–Crippen LogP) is 2.69. The van der Waals surface area contributed by atoms with Gasteiger partial charge in [0.25, 0.3) is 0 Å². The van der Waals surface area contributed by atoms with Crippen LogP contribution in [-0.4, -0.2) is 29.2 Å². The summed E-state index contributed by atoms with van der Waals surface area (Å²) in [5.41, 5.74) is 1.72. The van der Waals surface area contributed by atoms with Gasteiger partial charge in [0.05, 0.1) is 24.7 Å². The minimum Gasteiger partial charge on any atom is -0.466 e. The third-order valence-electron chi connectivity index (χ3n) is 4.18. The van der Waals surface area contributed by atoms with Gasteiger partial charge in [0.15, 0.2) is 0 Å². The van der Waals surface area contributed by atoms with Crippen molar-refractivity contribution in [2.24, 2.45) is 11.8 Å². The summed E-state index contributed by atoms with van der Waals surface area (Å²) in [7, 11) is 0. The van der Waals surface area contributed by atoms with Crippen molar-refractivity contribution < 1.29 is 14.6 Å². The number of nitrogens with zero attached hydrogens (tertiary/aromatic N) is 1. The number of benzene rings is 1. The summed E-state index contributed by atoms with van der Waals surface area (Å²) < 4.78 is 4.65.